The van der Waals surface area contributed by atoms with Crippen LogP contribution in [-0.2, 0) is 9.53 Å². The number of carbonyl (C=O) groups excluding carboxylic acids is 2. The van der Waals surface area contributed by atoms with Gasteiger partial charge in [0.05, 0.1) is 11.1 Å². The number of thioether (sulfide) groups is 1. The van der Waals surface area contributed by atoms with Gasteiger partial charge in [-0.25, -0.2) is 9.78 Å². The maximum Gasteiger partial charge on any atom is 0.340 e. The molecule has 0 bridgehead atoms. The van der Waals surface area contributed by atoms with E-state index in [0.717, 1.165) is 18.5 Å². The van der Waals surface area contributed by atoms with Gasteiger partial charge in [0.25, 0.3) is 5.91 Å². The zero-order chi connectivity index (χ0) is 15.6. The highest BCUT2D eigenvalue weighted by molar-refractivity contribution is 7.98. The summed E-state index contributed by atoms with van der Waals surface area (Å²) in [7, 11) is 0. The second-order valence-corrected chi connectivity index (χ2v) is 5.61. The first-order chi connectivity index (χ1) is 9.97. The van der Waals surface area contributed by atoms with E-state index in [1.54, 1.807) is 12.3 Å². The van der Waals surface area contributed by atoms with Gasteiger partial charge in [-0.3, -0.25) is 4.79 Å². The largest absolute Gasteiger partial charge is 0.449 e. The maximum atomic E-state index is 12.2. The summed E-state index contributed by atoms with van der Waals surface area (Å²) < 4.78 is 4.99. The second-order valence-electron chi connectivity index (χ2n) is 4.81. The van der Waals surface area contributed by atoms with E-state index in [1.807, 2.05) is 6.07 Å². The Kier molecular flexibility index (Phi) is 4.48. The zero-order valence-corrected chi connectivity index (χ0v) is 12.6. The van der Waals surface area contributed by atoms with Crippen molar-refractivity contribution < 1.29 is 14.3 Å². The van der Waals surface area contributed by atoms with Crippen molar-refractivity contribution in [3.63, 3.8) is 0 Å². The number of primary amides is 1. The number of pyridine rings is 1. The van der Waals surface area contributed by atoms with Gasteiger partial charge >= 0.3 is 5.97 Å². The predicted molar refractivity (Wildman–Crippen MR) is 76.8 cm³/mol. The lowest BCUT2D eigenvalue weighted by Crippen LogP contribution is -2.30. The van der Waals surface area contributed by atoms with Gasteiger partial charge in [-0.05, 0) is 32.1 Å². The van der Waals surface area contributed by atoms with E-state index in [-0.39, 0.29) is 11.1 Å². The average Bonchev–Trinajstić information content (AvgIpc) is 3.29. The van der Waals surface area contributed by atoms with Crippen molar-refractivity contribution >= 4 is 23.6 Å². The first kappa shape index (κ1) is 15.3. The molecule has 2 N–H and O–H groups in total. The van der Waals surface area contributed by atoms with Crippen LogP contribution in [0.4, 0.5) is 0 Å². The van der Waals surface area contributed by atoms with Crippen LogP contribution in [0.1, 0.15) is 47.3 Å². The number of esters is 1. The third kappa shape index (κ3) is 3.34. The molecule has 21 heavy (non-hydrogen) atoms. The molecular weight excluding hydrogens is 290 g/mol. The van der Waals surface area contributed by atoms with Crippen molar-refractivity contribution in [2.75, 3.05) is 6.26 Å². The lowest BCUT2D eigenvalue weighted by molar-refractivity contribution is -0.125. The van der Waals surface area contributed by atoms with Crippen molar-refractivity contribution in [1.29, 1.82) is 5.26 Å². The van der Waals surface area contributed by atoms with Crippen molar-refractivity contribution in [2.45, 2.75) is 36.8 Å². The number of aromatic nitrogens is 1. The van der Waals surface area contributed by atoms with Crippen LogP contribution in [0.2, 0.25) is 0 Å². The minimum atomic E-state index is -1.04. The highest BCUT2D eigenvalue weighted by Crippen LogP contribution is 2.40. The first-order valence-electron chi connectivity index (χ1n) is 6.47. The molecule has 1 aromatic heterocycles. The normalized spacial score (nSPS) is 15.1. The molecular formula is C14H15N3O3S. The Labute approximate surface area is 126 Å². The smallest absolute Gasteiger partial charge is 0.340 e. The highest BCUT2D eigenvalue weighted by atomic mass is 32.2. The van der Waals surface area contributed by atoms with E-state index < -0.39 is 18.0 Å². The van der Waals surface area contributed by atoms with Gasteiger partial charge < -0.3 is 10.5 Å². The molecule has 0 aromatic carbocycles. The van der Waals surface area contributed by atoms with E-state index in [9.17, 15) is 14.9 Å². The third-order valence-corrected chi connectivity index (χ3v) is 3.89. The number of ether oxygens (including phenoxy) is 1. The fourth-order valence-corrected chi connectivity index (χ4v) is 2.38. The molecule has 1 atom stereocenters. The van der Waals surface area contributed by atoms with Crippen LogP contribution in [0.3, 0.4) is 0 Å². The lowest BCUT2D eigenvalue weighted by atomic mass is 10.1. The van der Waals surface area contributed by atoms with E-state index in [1.165, 1.54) is 18.7 Å². The molecule has 0 unspecified atom stereocenters. The van der Waals surface area contributed by atoms with E-state index in [4.69, 9.17) is 10.5 Å². The molecule has 1 saturated carbocycles. The summed E-state index contributed by atoms with van der Waals surface area (Å²) in [6.45, 7) is 1.39. The van der Waals surface area contributed by atoms with E-state index in [0.29, 0.717) is 10.9 Å². The summed E-state index contributed by atoms with van der Waals surface area (Å²) in [6.07, 6.45) is 2.80. The van der Waals surface area contributed by atoms with Crippen LogP contribution in [-0.4, -0.2) is 29.2 Å². The minimum Gasteiger partial charge on any atom is -0.449 e. The fraction of sp³-hybridized carbons (Fsp3) is 0.429. The molecule has 6 nitrogen and oxygen atoms in total. The Morgan fingerprint density at radius 3 is 2.71 bits per heavy atom. The summed E-state index contributed by atoms with van der Waals surface area (Å²) in [4.78, 5) is 27.6. The van der Waals surface area contributed by atoms with Crippen molar-refractivity contribution in [1.82, 2.24) is 4.98 Å². The number of amides is 1. The van der Waals surface area contributed by atoms with Gasteiger partial charge in [0.2, 0.25) is 0 Å². The minimum absolute atomic E-state index is 0.145. The molecule has 7 heteroatoms. The summed E-state index contributed by atoms with van der Waals surface area (Å²) in [5.74, 6) is -1.12. The van der Waals surface area contributed by atoms with Crippen molar-refractivity contribution in [3.05, 3.63) is 22.9 Å². The quantitative estimate of drug-likeness (QED) is 0.654. The Morgan fingerprint density at radius 2 is 2.24 bits per heavy atom. The van der Waals surface area contributed by atoms with Crippen LogP contribution in [0.25, 0.3) is 0 Å². The van der Waals surface area contributed by atoms with Gasteiger partial charge in [-0.1, -0.05) is 0 Å². The Morgan fingerprint density at radius 1 is 1.57 bits per heavy atom. The molecule has 1 aliphatic rings. The SMILES string of the molecule is CSc1nc(C2CC2)cc(C(=O)O[C@H](C)C(N)=O)c1C#N. The number of nitrogens with zero attached hydrogens (tertiary/aromatic N) is 2. The van der Waals surface area contributed by atoms with Gasteiger partial charge in [-0.15, -0.1) is 11.8 Å². The van der Waals surface area contributed by atoms with Crippen LogP contribution in [0, 0.1) is 11.3 Å². The number of nitriles is 1. The highest BCUT2D eigenvalue weighted by Gasteiger charge is 2.29. The standard InChI is InChI=1S/C14H15N3O3S/c1-7(12(16)18)20-14(19)9-5-11(8-3-4-8)17-13(21-2)10(9)6-15/h5,7-8H,3-4H2,1-2H3,(H2,16,18)/t7-/m1/s1. The Balaban J connectivity index is 2.40. The molecule has 0 saturated heterocycles. The Bertz CT molecular complexity index is 635. The second kappa shape index (κ2) is 6.14. The molecule has 1 heterocycles. The number of hydrogen-bond acceptors (Lipinski definition) is 6. The maximum absolute atomic E-state index is 12.2. The predicted octanol–water partition coefficient (Wildman–Crippen LogP) is 1.58. The number of hydrogen-bond donors (Lipinski definition) is 1. The molecule has 1 aromatic rings. The number of nitrogens with two attached hydrogens (primary N) is 1. The van der Waals surface area contributed by atoms with Crippen LogP contribution >= 0.6 is 11.8 Å². The first-order valence-corrected chi connectivity index (χ1v) is 7.69. The molecule has 0 spiro atoms. The van der Waals surface area contributed by atoms with E-state index in [2.05, 4.69) is 4.98 Å². The van der Waals surface area contributed by atoms with Crippen LogP contribution in [0.5, 0.6) is 0 Å². The molecule has 2 rings (SSSR count). The number of rotatable bonds is 5. The summed E-state index contributed by atoms with van der Waals surface area (Å²) >= 11 is 1.30. The Hall–Kier alpha value is -2.07. The van der Waals surface area contributed by atoms with Crippen LogP contribution in [0.15, 0.2) is 11.1 Å². The monoisotopic (exact) mass is 305 g/mol. The summed E-state index contributed by atoms with van der Waals surface area (Å²) in [5.41, 5.74) is 6.19. The van der Waals surface area contributed by atoms with Gasteiger partial charge in [0.15, 0.2) is 6.10 Å². The van der Waals surface area contributed by atoms with Gasteiger partial charge in [0, 0.05) is 11.6 Å². The molecule has 1 aliphatic carbocycles. The van der Waals surface area contributed by atoms with E-state index >= 15 is 0 Å². The molecule has 110 valence electrons. The summed E-state index contributed by atoms with van der Waals surface area (Å²) in [6, 6.07) is 3.57. The topological polar surface area (TPSA) is 106 Å². The lowest BCUT2D eigenvalue weighted by Gasteiger charge is -2.13. The molecule has 1 fully saturated rings. The van der Waals surface area contributed by atoms with Crippen LogP contribution < -0.4 is 5.73 Å². The molecule has 0 radical (unpaired) electrons. The zero-order valence-electron chi connectivity index (χ0n) is 11.8. The van der Waals surface area contributed by atoms with Gasteiger partial charge in [0.1, 0.15) is 11.1 Å². The average molecular weight is 305 g/mol. The summed E-state index contributed by atoms with van der Waals surface area (Å²) in [5, 5.41) is 9.77. The van der Waals surface area contributed by atoms with Gasteiger partial charge in [-0.2, -0.15) is 5.26 Å². The van der Waals surface area contributed by atoms with Crippen molar-refractivity contribution in [3.8, 4) is 6.07 Å². The fourth-order valence-electron chi connectivity index (χ4n) is 1.83. The third-order valence-electron chi connectivity index (χ3n) is 3.21. The molecule has 0 aliphatic heterocycles. The number of carbonyl (C=O) groups is 2. The molecule has 1 amide bonds. The van der Waals surface area contributed by atoms with Crippen molar-refractivity contribution in [2.24, 2.45) is 5.73 Å².